The third-order valence-electron chi connectivity index (χ3n) is 1.48. The standard InChI is InChI=1S/C9H13BrN2OS/c1-9(2,3)14(13)12-6-8-4-7(10)5-11-8/h4-6,11H,1-3H3. The lowest BCUT2D eigenvalue weighted by molar-refractivity contribution is 0.562. The highest BCUT2D eigenvalue weighted by atomic mass is 79.9. The van der Waals surface area contributed by atoms with E-state index in [1.807, 2.05) is 26.8 Å². The van der Waals surface area contributed by atoms with Crippen LogP contribution in [0, 0.1) is 0 Å². The molecule has 0 aromatic carbocycles. The Kier molecular flexibility index (Phi) is 3.80. The largest absolute Gasteiger partial charge is 0.591 e. The molecule has 5 heteroatoms. The highest BCUT2D eigenvalue weighted by molar-refractivity contribution is 9.10. The van der Waals surface area contributed by atoms with Crippen LogP contribution in [0.5, 0.6) is 0 Å². The zero-order chi connectivity index (χ0) is 10.8. The van der Waals surface area contributed by atoms with Crippen LogP contribution in [-0.2, 0) is 11.4 Å². The van der Waals surface area contributed by atoms with Gasteiger partial charge >= 0.3 is 0 Å². The van der Waals surface area contributed by atoms with Crippen molar-refractivity contribution in [3.63, 3.8) is 0 Å². The lowest BCUT2D eigenvalue weighted by Gasteiger charge is -2.17. The van der Waals surface area contributed by atoms with Crippen molar-refractivity contribution in [2.24, 2.45) is 4.40 Å². The van der Waals surface area contributed by atoms with E-state index in [2.05, 4.69) is 25.3 Å². The van der Waals surface area contributed by atoms with Crippen molar-refractivity contribution in [3.05, 3.63) is 22.4 Å². The number of rotatable bonds is 2. The van der Waals surface area contributed by atoms with Crippen LogP contribution in [0.15, 0.2) is 21.1 Å². The first-order valence-electron chi connectivity index (χ1n) is 4.19. The van der Waals surface area contributed by atoms with E-state index in [-0.39, 0.29) is 4.75 Å². The number of nitrogens with one attached hydrogen (secondary N) is 1. The van der Waals surface area contributed by atoms with Crippen LogP contribution in [0.3, 0.4) is 0 Å². The highest BCUT2D eigenvalue weighted by Gasteiger charge is 2.25. The Hall–Kier alpha value is -0.260. The molecule has 0 aliphatic carbocycles. The van der Waals surface area contributed by atoms with E-state index in [0.29, 0.717) is 0 Å². The van der Waals surface area contributed by atoms with Crippen LogP contribution in [0.2, 0.25) is 0 Å². The van der Waals surface area contributed by atoms with Crippen LogP contribution in [-0.4, -0.2) is 20.5 Å². The molecule has 1 unspecified atom stereocenters. The van der Waals surface area contributed by atoms with Crippen LogP contribution in [0.4, 0.5) is 0 Å². The van der Waals surface area contributed by atoms with Crippen molar-refractivity contribution < 1.29 is 4.55 Å². The molecule has 0 aliphatic rings. The number of aromatic amines is 1. The molecule has 3 nitrogen and oxygen atoms in total. The molecule has 1 heterocycles. The SMILES string of the molecule is CC(C)(C)[S+]([O-])N=Cc1cc(Br)c[nH]1. The predicted octanol–water partition coefficient (Wildman–Crippen LogP) is 2.66. The van der Waals surface area contributed by atoms with Gasteiger partial charge in [0.25, 0.3) is 0 Å². The summed E-state index contributed by atoms with van der Waals surface area (Å²) in [5.41, 5.74) is 0.842. The van der Waals surface area contributed by atoms with Gasteiger partial charge in [0, 0.05) is 10.7 Å². The molecule has 1 aromatic rings. The first kappa shape index (κ1) is 11.8. The van der Waals surface area contributed by atoms with Crippen molar-refractivity contribution in [2.75, 3.05) is 0 Å². The van der Waals surface area contributed by atoms with Crippen molar-refractivity contribution in [1.29, 1.82) is 0 Å². The van der Waals surface area contributed by atoms with Gasteiger partial charge in [-0.1, -0.05) is 4.40 Å². The maximum absolute atomic E-state index is 11.5. The molecule has 1 rings (SSSR count). The molecule has 0 bridgehead atoms. The lowest BCUT2D eigenvalue weighted by Crippen LogP contribution is -2.25. The summed E-state index contributed by atoms with van der Waals surface area (Å²) in [4.78, 5) is 2.98. The molecule has 0 saturated carbocycles. The number of hydrogen-bond donors (Lipinski definition) is 1. The fraction of sp³-hybridized carbons (Fsp3) is 0.444. The van der Waals surface area contributed by atoms with Crippen molar-refractivity contribution >= 4 is 33.5 Å². The second-order valence-electron chi connectivity index (χ2n) is 3.87. The molecule has 1 N–H and O–H groups in total. The Bertz CT molecular complexity index is 330. The summed E-state index contributed by atoms with van der Waals surface area (Å²) in [7, 11) is 0. The summed E-state index contributed by atoms with van der Waals surface area (Å²) in [5, 5.41) is 0. The van der Waals surface area contributed by atoms with Gasteiger partial charge < -0.3 is 9.54 Å². The van der Waals surface area contributed by atoms with Crippen molar-refractivity contribution in [2.45, 2.75) is 25.5 Å². The number of halogens is 1. The molecule has 0 spiro atoms. The zero-order valence-electron chi connectivity index (χ0n) is 8.37. The fourth-order valence-electron chi connectivity index (χ4n) is 0.721. The van der Waals surface area contributed by atoms with Crippen LogP contribution in [0.1, 0.15) is 26.5 Å². The monoisotopic (exact) mass is 276 g/mol. The van der Waals surface area contributed by atoms with Gasteiger partial charge in [-0.2, -0.15) is 0 Å². The number of aromatic nitrogens is 1. The van der Waals surface area contributed by atoms with E-state index in [1.165, 1.54) is 0 Å². The third-order valence-corrected chi connectivity index (χ3v) is 3.28. The summed E-state index contributed by atoms with van der Waals surface area (Å²) in [5.74, 6) is 0. The minimum Gasteiger partial charge on any atom is -0.591 e. The van der Waals surface area contributed by atoms with Gasteiger partial charge in [0.15, 0.2) is 0 Å². The molecule has 78 valence electrons. The Balaban J connectivity index is 2.65. The Morgan fingerprint density at radius 2 is 2.21 bits per heavy atom. The first-order chi connectivity index (χ1) is 6.39. The molecule has 1 aromatic heterocycles. The quantitative estimate of drug-likeness (QED) is 0.655. The zero-order valence-corrected chi connectivity index (χ0v) is 10.8. The summed E-state index contributed by atoms with van der Waals surface area (Å²) in [6.07, 6.45) is 3.40. The van der Waals surface area contributed by atoms with E-state index in [0.717, 1.165) is 10.2 Å². The topological polar surface area (TPSA) is 51.2 Å². The first-order valence-corrected chi connectivity index (χ1v) is 6.09. The summed E-state index contributed by atoms with van der Waals surface area (Å²) < 4.78 is 16.2. The van der Waals surface area contributed by atoms with Gasteiger partial charge in [0.05, 0.1) is 5.69 Å². The fourth-order valence-corrected chi connectivity index (χ4v) is 1.61. The van der Waals surface area contributed by atoms with Gasteiger partial charge in [-0.05, 0) is 42.8 Å². The van der Waals surface area contributed by atoms with E-state index in [1.54, 1.807) is 12.4 Å². The molecular formula is C9H13BrN2OS. The van der Waals surface area contributed by atoms with E-state index in [4.69, 9.17) is 0 Å². The molecule has 0 saturated heterocycles. The minimum atomic E-state index is -1.19. The molecule has 1 atom stereocenters. The predicted molar refractivity (Wildman–Crippen MR) is 64.0 cm³/mol. The molecule has 0 fully saturated rings. The van der Waals surface area contributed by atoms with Crippen LogP contribution in [0.25, 0.3) is 0 Å². The smallest absolute Gasteiger partial charge is 0.144 e. The lowest BCUT2D eigenvalue weighted by atomic mass is 10.3. The second kappa shape index (κ2) is 4.51. The highest BCUT2D eigenvalue weighted by Crippen LogP contribution is 2.17. The van der Waals surface area contributed by atoms with Gasteiger partial charge in [-0.25, -0.2) is 0 Å². The number of nitrogens with zero attached hydrogens (tertiary/aromatic N) is 1. The van der Waals surface area contributed by atoms with Crippen LogP contribution >= 0.6 is 15.9 Å². The molecule has 0 amide bonds. The van der Waals surface area contributed by atoms with Crippen molar-refractivity contribution in [3.8, 4) is 0 Å². The Morgan fingerprint density at radius 1 is 1.57 bits per heavy atom. The van der Waals surface area contributed by atoms with Gasteiger partial charge in [-0.3, -0.25) is 0 Å². The maximum atomic E-state index is 11.5. The average molecular weight is 277 g/mol. The number of H-pyrrole nitrogens is 1. The average Bonchev–Trinajstić information content (AvgIpc) is 2.45. The van der Waals surface area contributed by atoms with E-state index >= 15 is 0 Å². The van der Waals surface area contributed by atoms with Gasteiger partial charge in [0.1, 0.15) is 22.3 Å². The Morgan fingerprint density at radius 3 is 2.64 bits per heavy atom. The minimum absolute atomic E-state index is 0.305. The van der Waals surface area contributed by atoms with Crippen LogP contribution < -0.4 is 0 Å². The number of hydrogen-bond acceptors (Lipinski definition) is 2. The summed E-state index contributed by atoms with van der Waals surface area (Å²) >= 11 is 2.12. The van der Waals surface area contributed by atoms with E-state index < -0.39 is 11.4 Å². The summed E-state index contributed by atoms with van der Waals surface area (Å²) in [6, 6.07) is 1.88. The van der Waals surface area contributed by atoms with E-state index in [9.17, 15) is 4.55 Å². The third kappa shape index (κ3) is 3.48. The van der Waals surface area contributed by atoms with Gasteiger partial charge in [-0.15, -0.1) is 0 Å². The Labute approximate surface area is 95.5 Å². The molecule has 0 radical (unpaired) electrons. The molecule has 0 aliphatic heterocycles. The molecule has 14 heavy (non-hydrogen) atoms. The van der Waals surface area contributed by atoms with Crippen molar-refractivity contribution in [1.82, 2.24) is 4.98 Å². The summed E-state index contributed by atoms with van der Waals surface area (Å²) in [6.45, 7) is 5.68. The maximum Gasteiger partial charge on any atom is 0.144 e. The second-order valence-corrected chi connectivity index (χ2v) is 6.72. The van der Waals surface area contributed by atoms with Gasteiger partial charge in [0.2, 0.25) is 0 Å². The molecular weight excluding hydrogens is 264 g/mol. The normalized spacial score (nSPS) is 14.9.